The predicted octanol–water partition coefficient (Wildman–Crippen LogP) is 19.7. The maximum atomic E-state index is 13.5. The predicted molar refractivity (Wildman–Crippen MR) is 319 cm³/mol. The average Bonchev–Trinajstić information content (AvgIpc) is 3.36. The van der Waals surface area contributed by atoms with Gasteiger partial charge in [0.05, 0.1) is 33.8 Å². The molecule has 0 aliphatic carbocycles. The number of phosphoric acid groups is 1. The summed E-state index contributed by atoms with van der Waals surface area (Å²) in [4.78, 5) is 37.7. The van der Waals surface area contributed by atoms with Gasteiger partial charge in [-0.15, -0.1) is 0 Å². The molecule has 0 spiro atoms. The number of hydrogen-bond acceptors (Lipinski definition) is 6. The number of quaternary nitrogens is 1. The molecule has 0 saturated heterocycles. The number of esters is 1. The van der Waals surface area contributed by atoms with Crippen molar-refractivity contribution < 1.29 is 37.3 Å². The second-order valence-corrected chi connectivity index (χ2v) is 24.7. The minimum atomic E-state index is -4.44. The van der Waals surface area contributed by atoms with Crippen molar-refractivity contribution in [3.05, 3.63) is 24.3 Å². The molecule has 0 aromatic rings. The molecule has 438 valence electrons. The van der Waals surface area contributed by atoms with Gasteiger partial charge in [-0.25, -0.2) is 4.57 Å². The van der Waals surface area contributed by atoms with Crippen LogP contribution in [-0.4, -0.2) is 74.3 Å². The third-order valence-electron chi connectivity index (χ3n) is 14.6. The van der Waals surface area contributed by atoms with Gasteiger partial charge in [0.2, 0.25) is 5.91 Å². The first-order valence-electron chi connectivity index (χ1n) is 32.2. The highest BCUT2D eigenvalue weighted by Crippen LogP contribution is 2.43. The lowest BCUT2D eigenvalue weighted by Gasteiger charge is -2.27. The van der Waals surface area contributed by atoms with Crippen molar-refractivity contribution in [2.24, 2.45) is 0 Å². The lowest BCUT2D eigenvalue weighted by Crippen LogP contribution is -2.47. The fraction of sp³-hybridized carbons (Fsp3) is 0.906. The van der Waals surface area contributed by atoms with Gasteiger partial charge in [0, 0.05) is 12.8 Å². The number of hydrogen-bond donors (Lipinski definition) is 2. The summed E-state index contributed by atoms with van der Waals surface area (Å²) in [7, 11) is 1.51. The molecule has 2 N–H and O–H groups in total. The van der Waals surface area contributed by atoms with Crippen LogP contribution in [-0.2, 0) is 27.9 Å². The van der Waals surface area contributed by atoms with E-state index in [0.29, 0.717) is 23.9 Å². The molecular formula is C64H126N2O7P+. The maximum Gasteiger partial charge on any atom is 0.472 e. The first kappa shape index (κ1) is 72.5. The zero-order valence-corrected chi connectivity index (χ0v) is 51.0. The molecule has 3 atom stereocenters. The van der Waals surface area contributed by atoms with Crippen LogP contribution >= 0.6 is 7.82 Å². The van der Waals surface area contributed by atoms with Crippen molar-refractivity contribution in [3.8, 4) is 0 Å². The Morgan fingerprint density at radius 3 is 1.15 bits per heavy atom. The molecule has 0 heterocycles. The topological polar surface area (TPSA) is 111 Å². The highest BCUT2D eigenvalue weighted by atomic mass is 31.2. The second kappa shape index (κ2) is 54.8. The minimum absolute atomic E-state index is 0.0440. The Bertz CT molecular complexity index is 1320. The summed E-state index contributed by atoms with van der Waals surface area (Å²) in [5, 5.41) is 3.06. The summed E-state index contributed by atoms with van der Waals surface area (Å²) in [5.74, 6) is -0.488. The van der Waals surface area contributed by atoms with Crippen LogP contribution in [0.5, 0.6) is 0 Å². The summed E-state index contributed by atoms with van der Waals surface area (Å²) < 4.78 is 30.7. The van der Waals surface area contributed by atoms with E-state index in [9.17, 15) is 19.0 Å². The van der Waals surface area contributed by atoms with Crippen LogP contribution in [0.25, 0.3) is 0 Å². The number of carbonyl (C=O) groups excluding carboxylic acids is 2. The van der Waals surface area contributed by atoms with Gasteiger partial charge in [-0.1, -0.05) is 277 Å². The largest absolute Gasteiger partial charge is 0.472 e. The van der Waals surface area contributed by atoms with Gasteiger partial charge in [0.1, 0.15) is 19.3 Å². The van der Waals surface area contributed by atoms with Gasteiger partial charge in [-0.2, -0.15) is 0 Å². The van der Waals surface area contributed by atoms with Gasteiger partial charge in [0.15, 0.2) is 0 Å². The van der Waals surface area contributed by atoms with Gasteiger partial charge in [-0.3, -0.25) is 18.6 Å². The normalized spacial score (nSPS) is 13.8. The van der Waals surface area contributed by atoms with Crippen molar-refractivity contribution >= 4 is 19.7 Å². The van der Waals surface area contributed by atoms with Crippen LogP contribution in [0, 0.1) is 0 Å². The molecule has 0 aromatic carbocycles. The summed E-state index contributed by atoms with van der Waals surface area (Å²) in [6.07, 6.45) is 64.6. The lowest BCUT2D eigenvalue weighted by molar-refractivity contribution is -0.870. The number of allylic oxidation sites excluding steroid dienone is 3. The van der Waals surface area contributed by atoms with Gasteiger partial charge >= 0.3 is 13.8 Å². The van der Waals surface area contributed by atoms with E-state index in [1.807, 2.05) is 33.3 Å². The van der Waals surface area contributed by atoms with Gasteiger partial charge in [-0.05, 0) is 57.4 Å². The third kappa shape index (κ3) is 55.3. The third-order valence-corrected chi connectivity index (χ3v) is 15.6. The smallest absolute Gasteiger partial charge is 0.456 e. The number of ether oxygens (including phenoxy) is 1. The van der Waals surface area contributed by atoms with Crippen LogP contribution < -0.4 is 5.32 Å². The number of unbranched alkanes of at least 4 members (excludes halogenated alkanes) is 41. The van der Waals surface area contributed by atoms with Crippen molar-refractivity contribution in [1.82, 2.24) is 5.32 Å². The summed E-state index contributed by atoms with van der Waals surface area (Å²) in [5.41, 5.74) is 0. The molecule has 0 aliphatic rings. The van der Waals surface area contributed by atoms with Crippen molar-refractivity contribution in [2.45, 2.75) is 335 Å². The molecule has 3 unspecified atom stereocenters. The zero-order chi connectivity index (χ0) is 54.3. The number of nitrogens with zero attached hydrogens (tertiary/aromatic N) is 1. The number of carbonyl (C=O) groups is 2. The molecule has 0 aliphatic heterocycles. The number of rotatable bonds is 59. The van der Waals surface area contributed by atoms with E-state index < -0.39 is 20.0 Å². The molecule has 0 aromatic heterocycles. The first-order chi connectivity index (χ1) is 35.9. The summed E-state index contributed by atoms with van der Waals surface area (Å²) >= 11 is 0. The molecule has 0 fully saturated rings. The van der Waals surface area contributed by atoms with Crippen LogP contribution in [0.4, 0.5) is 0 Å². The van der Waals surface area contributed by atoms with Gasteiger partial charge < -0.3 is 19.4 Å². The molecule has 9 nitrogen and oxygen atoms in total. The van der Waals surface area contributed by atoms with Crippen LogP contribution in [0.2, 0.25) is 0 Å². The zero-order valence-electron chi connectivity index (χ0n) is 50.1. The van der Waals surface area contributed by atoms with Crippen LogP contribution in [0.1, 0.15) is 323 Å². The van der Waals surface area contributed by atoms with E-state index in [-0.39, 0.29) is 25.1 Å². The number of nitrogens with one attached hydrogen (secondary N) is 1. The number of phosphoric ester groups is 1. The second-order valence-electron chi connectivity index (χ2n) is 23.3. The molecule has 0 radical (unpaired) electrons. The minimum Gasteiger partial charge on any atom is -0.456 e. The Hall–Kier alpha value is -1.51. The molecule has 0 saturated carbocycles. The van der Waals surface area contributed by atoms with E-state index in [1.165, 1.54) is 231 Å². The summed E-state index contributed by atoms with van der Waals surface area (Å²) in [6.45, 7) is 7.05. The monoisotopic (exact) mass is 1070 g/mol. The molecule has 74 heavy (non-hydrogen) atoms. The Kier molecular flexibility index (Phi) is 53.7. The van der Waals surface area contributed by atoms with E-state index in [4.69, 9.17) is 13.8 Å². The van der Waals surface area contributed by atoms with Crippen molar-refractivity contribution in [2.75, 3.05) is 40.9 Å². The van der Waals surface area contributed by atoms with Crippen molar-refractivity contribution in [1.29, 1.82) is 0 Å². The van der Waals surface area contributed by atoms with Crippen molar-refractivity contribution in [3.63, 3.8) is 0 Å². The highest BCUT2D eigenvalue weighted by Gasteiger charge is 2.30. The van der Waals surface area contributed by atoms with Crippen LogP contribution in [0.3, 0.4) is 0 Å². The number of amides is 1. The first-order valence-corrected chi connectivity index (χ1v) is 33.7. The van der Waals surface area contributed by atoms with E-state index in [2.05, 4.69) is 38.2 Å². The Labute approximate surface area is 460 Å². The molecule has 10 heteroatoms. The molecule has 0 rings (SSSR count). The van der Waals surface area contributed by atoms with E-state index >= 15 is 0 Å². The fourth-order valence-corrected chi connectivity index (χ4v) is 10.4. The lowest BCUT2D eigenvalue weighted by atomic mass is 10.0. The standard InChI is InChI=1S/C64H125N2O7P/c1-7-10-13-16-19-22-25-28-30-31-32-33-34-35-37-39-42-45-48-51-54-57-64(68)73-62(55-52-49-46-43-40-27-24-21-18-15-12-9-3)61(60-72-74(69,70)71-59-58-66(4,5)6)65-63(67)56-53-50-47-44-41-38-36-29-26-23-20-17-14-11-8-2/h28,30,52,55,61-62H,7-27,29,31-51,53-54,56-60H2,1-6H3,(H-,65,67,69,70)/p+1/b30-28+,55-52+. The quantitative estimate of drug-likeness (QED) is 0.0205. The van der Waals surface area contributed by atoms with Gasteiger partial charge in [0.25, 0.3) is 0 Å². The van der Waals surface area contributed by atoms with Crippen LogP contribution in [0.15, 0.2) is 24.3 Å². The average molecular weight is 1070 g/mol. The maximum absolute atomic E-state index is 13.5. The summed E-state index contributed by atoms with van der Waals surface area (Å²) in [6, 6.07) is -0.842. The SMILES string of the molecule is CCCCCCCC/C=C/CCCCCCCCCCCCCC(=O)OC(/C=C/CCCCCCCCCCCC)C(COP(=O)(O)OCC[N+](C)(C)C)NC(=O)CCCCCCCCCCCCCCCCC. The van der Waals surface area contributed by atoms with E-state index in [0.717, 1.165) is 57.8 Å². The van der Waals surface area contributed by atoms with E-state index in [1.54, 1.807) is 0 Å². The Balaban J connectivity index is 5.16. The number of likely N-dealkylation sites (N-methyl/N-ethyl adjacent to an activating group) is 1. The Morgan fingerprint density at radius 2 is 0.784 bits per heavy atom. The Morgan fingerprint density at radius 1 is 0.459 bits per heavy atom. The fourth-order valence-electron chi connectivity index (χ4n) is 9.64. The molecule has 0 bridgehead atoms. The molecule has 1 amide bonds. The molecular weight excluding hydrogens is 940 g/mol. The highest BCUT2D eigenvalue weighted by molar-refractivity contribution is 7.47.